The number of hydrogen-bond acceptors (Lipinski definition) is 4. The van der Waals surface area contributed by atoms with E-state index < -0.39 is 11.3 Å². The number of hydrogen-bond donors (Lipinski definition) is 2. The number of rotatable bonds is 4. The number of fused-ring (bicyclic) bond motifs is 1. The Morgan fingerprint density at radius 2 is 2.00 bits per heavy atom. The molecule has 2 aliphatic rings. The normalized spacial score (nSPS) is 20.6. The molecule has 138 valence electrons. The number of anilines is 2. The Morgan fingerprint density at radius 1 is 1.32 bits per heavy atom. The summed E-state index contributed by atoms with van der Waals surface area (Å²) in [6, 6.07) is 3.70. The molecule has 0 radical (unpaired) electrons. The zero-order chi connectivity index (χ0) is 18.2. The summed E-state index contributed by atoms with van der Waals surface area (Å²) in [7, 11) is 0. The number of β-amino-alcohol motifs (C(OH)–C–C–N with tert-alkyl or cyclic N) is 1. The van der Waals surface area contributed by atoms with Crippen LogP contribution in [0, 0.1) is 0 Å². The van der Waals surface area contributed by atoms with E-state index in [1.807, 2.05) is 23.1 Å². The SMILES string of the molecule is CC(C)(O)CN1CCC(F)(CN2CC=Cc3c2ccc(Cl)c3N)CC1. The molecule has 4 nitrogen and oxygen atoms in total. The molecule has 3 N–H and O–H groups in total. The fourth-order valence-electron chi connectivity index (χ4n) is 3.75. The Hall–Kier alpha value is -1.30. The summed E-state index contributed by atoms with van der Waals surface area (Å²) >= 11 is 6.10. The van der Waals surface area contributed by atoms with E-state index in [1.54, 1.807) is 19.9 Å². The molecule has 1 saturated heterocycles. The summed E-state index contributed by atoms with van der Waals surface area (Å²) in [5.41, 5.74) is 6.47. The summed E-state index contributed by atoms with van der Waals surface area (Å²) < 4.78 is 15.4. The molecule has 0 aromatic heterocycles. The molecule has 0 aliphatic carbocycles. The van der Waals surface area contributed by atoms with Crippen molar-refractivity contribution in [2.45, 2.75) is 38.0 Å². The lowest BCUT2D eigenvalue weighted by Gasteiger charge is -2.42. The smallest absolute Gasteiger partial charge is 0.130 e. The van der Waals surface area contributed by atoms with Crippen LogP contribution in [0.3, 0.4) is 0 Å². The molecular weight excluding hydrogens is 341 g/mol. The van der Waals surface area contributed by atoms with Gasteiger partial charge in [-0.05, 0) is 38.8 Å². The van der Waals surface area contributed by atoms with Crippen LogP contribution in [0.15, 0.2) is 18.2 Å². The molecule has 6 heteroatoms. The molecule has 0 unspecified atom stereocenters. The number of aliphatic hydroxyl groups is 1. The van der Waals surface area contributed by atoms with E-state index in [9.17, 15) is 5.11 Å². The Kier molecular flexibility index (Phi) is 5.02. The molecule has 0 bridgehead atoms. The molecule has 0 saturated carbocycles. The van der Waals surface area contributed by atoms with E-state index in [-0.39, 0.29) is 0 Å². The minimum atomic E-state index is -1.23. The highest BCUT2D eigenvalue weighted by atomic mass is 35.5. The fraction of sp³-hybridized carbons (Fsp3) is 0.579. The fourth-order valence-corrected chi connectivity index (χ4v) is 3.92. The van der Waals surface area contributed by atoms with Gasteiger partial charge in [-0.1, -0.05) is 23.8 Å². The minimum absolute atomic E-state index is 0.349. The van der Waals surface area contributed by atoms with Crippen molar-refractivity contribution in [1.82, 2.24) is 4.90 Å². The average Bonchev–Trinajstić information content (AvgIpc) is 2.53. The second-order valence-electron chi connectivity index (χ2n) is 7.92. The van der Waals surface area contributed by atoms with Gasteiger partial charge < -0.3 is 20.6 Å². The zero-order valence-corrected chi connectivity index (χ0v) is 15.7. The van der Waals surface area contributed by atoms with Crippen molar-refractivity contribution in [3.8, 4) is 0 Å². The van der Waals surface area contributed by atoms with Crippen molar-refractivity contribution in [2.75, 3.05) is 43.4 Å². The number of benzene rings is 1. The standard InChI is InChI=1S/C19H27ClFN3O/c1-18(2,25)12-23-10-7-19(21,8-11-23)13-24-9-3-4-14-16(24)6-5-15(20)17(14)22/h3-6,25H,7-13,22H2,1-2H3. The van der Waals surface area contributed by atoms with Gasteiger partial charge in [0.05, 0.1) is 22.9 Å². The number of alkyl halides is 1. The molecule has 0 spiro atoms. The lowest BCUT2D eigenvalue weighted by Crippen LogP contribution is -2.51. The summed E-state index contributed by atoms with van der Waals surface area (Å²) in [6.07, 6.45) is 4.91. The average molecular weight is 368 g/mol. The number of likely N-dealkylation sites (tertiary alicyclic amines) is 1. The van der Waals surface area contributed by atoms with Crippen LogP contribution in [0.1, 0.15) is 32.3 Å². The third-order valence-corrected chi connectivity index (χ3v) is 5.33. The molecule has 1 fully saturated rings. The first-order valence-corrected chi connectivity index (χ1v) is 9.18. The number of nitrogen functional groups attached to an aromatic ring is 1. The van der Waals surface area contributed by atoms with Gasteiger partial charge in [0, 0.05) is 37.4 Å². The predicted molar refractivity (Wildman–Crippen MR) is 103 cm³/mol. The van der Waals surface area contributed by atoms with Crippen molar-refractivity contribution in [2.24, 2.45) is 0 Å². The van der Waals surface area contributed by atoms with E-state index in [2.05, 4.69) is 4.90 Å². The molecule has 1 aromatic carbocycles. The van der Waals surface area contributed by atoms with E-state index in [0.29, 0.717) is 56.3 Å². The monoisotopic (exact) mass is 367 g/mol. The maximum absolute atomic E-state index is 15.4. The number of nitrogens with two attached hydrogens (primary N) is 1. The number of halogens is 2. The molecule has 0 atom stereocenters. The predicted octanol–water partition coefficient (Wildman–Crippen LogP) is 3.33. The van der Waals surface area contributed by atoms with Gasteiger partial charge >= 0.3 is 0 Å². The van der Waals surface area contributed by atoms with Crippen LogP contribution < -0.4 is 10.6 Å². The van der Waals surface area contributed by atoms with Crippen LogP contribution in [0.5, 0.6) is 0 Å². The van der Waals surface area contributed by atoms with E-state index in [1.165, 1.54) is 0 Å². The van der Waals surface area contributed by atoms with Gasteiger partial charge in [0.15, 0.2) is 0 Å². The van der Waals surface area contributed by atoms with Gasteiger partial charge in [0.1, 0.15) is 5.67 Å². The van der Waals surface area contributed by atoms with Crippen LogP contribution >= 0.6 is 11.6 Å². The summed E-state index contributed by atoms with van der Waals surface area (Å²) in [5, 5.41) is 10.5. The molecular formula is C19H27ClFN3O. The van der Waals surface area contributed by atoms with Crippen LogP contribution in [0.2, 0.25) is 5.02 Å². The second-order valence-corrected chi connectivity index (χ2v) is 8.32. The van der Waals surface area contributed by atoms with Crippen molar-refractivity contribution in [3.05, 3.63) is 28.8 Å². The quantitative estimate of drug-likeness (QED) is 0.801. The van der Waals surface area contributed by atoms with Gasteiger partial charge in [-0.15, -0.1) is 0 Å². The van der Waals surface area contributed by atoms with Gasteiger partial charge in [0.2, 0.25) is 0 Å². The third kappa shape index (κ3) is 4.27. The number of nitrogens with zero attached hydrogens (tertiary/aromatic N) is 2. The summed E-state index contributed by atoms with van der Waals surface area (Å²) in [6.45, 7) is 6.51. The van der Waals surface area contributed by atoms with Gasteiger partial charge in [-0.3, -0.25) is 0 Å². The van der Waals surface area contributed by atoms with E-state index in [0.717, 1.165) is 11.3 Å². The molecule has 3 rings (SSSR count). The lowest BCUT2D eigenvalue weighted by atomic mass is 9.91. The van der Waals surface area contributed by atoms with Crippen molar-refractivity contribution < 1.29 is 9.50 Å². The van der Waals surface area contributed by atoms with Crippen LogP contribution in [-0.4, -0.2) is 54.0 Å². The first kappa shape index (κ1) is 18.5. The zero-order valence-electron chi connectivity index (χ0n) is 14.9. The maximum Gasteiger partial charge on any atom is 0.130 e. The van der Waals surface area contributed by atoms with Crippen molar-refractivity contribution in [3.63, 3.8) is 0 Å². The Morgan fingerprint density at radius 3 is 2.64 bits per heavy atom. The second kappa shape index (κ2) is 6.78. The van der Waals surface area contributed by atoms with Crippen LogP contribution in [0.4, 0.5) is 15.8 Å². The highest BCUT2D eigenvalue weighted by Crippen LogP contribution is 2.37. The summed E-state index contributed by atoms with van der Waals surface area (Å²) in [4.78, 5) is 4.19. The largest absolute Gasteiger partial charge is 0.397 e. The lowest BCUT2D eigenvalue weighted by molar-refractivity contribution is 0.00129. The molecule has 2 heterocycles. The van der Waals surface area contributed by atoms with Crippen LogP contribution in [0.25, 0.3) is 6.08 Å². The highest BCUT2D eigenvalue weighted by Gasteiger charge is 2.38. The minimum Gasteiger partial charge on any atom is -0.397 e. The van der Waals surface area contributed by atoms with Crippen molar-refractivity contribution in [1.29, 1.82) is 0 Å². The number of piperidine rings is 1. The first-order valence-electron chi connectivity index (χ1n) is 8.80. The molecule has 25 heavy (non-hydrogen) atoms. The third-order valence-electron chi connectivity index (χ3n) is 5.00. The van der Waals surface area contributed by atoms with E-state index in [4.69, 9.17) is 17.3 Å². The van der Waals surface area contributed by atoms with Gasteiger partial charge in [0.25, 0.3) is 0 Å². The Balaban J connectivity index is 1.68. The van der Waals surface area contributed by atoms with Crippen LogP contribution in [-0.2, 0) is 0 Å². The maximum atomic E-state index is 15.4. The molecule has 2 aliphatic heterocycles. The van der Waals surface area contributed by atoms with Crippen molar-refractivity contribution >= 4 is 29.1 Å². The van der Waals surface area contributed by atoms with Gasteiger partial charge in [-0.25, -0.2) is 4.39 Å². The Bertz CT molecular complexity index is 663. The molecule has 0 amide bonds. The first-order chi connectivity index (χ1) is 11.7. The highest BCUT2D eigenvalue weighted by molar-refractivity contribution is 6.33. The molecule has 1 aromatic rings. The van der Waals surface area contributed by atoms with Gasteiger partial charge in [-0.2, -0.15) is 0 Å². The summed E-state index contributed by atoms with van der Waals surface area (Å²) in [5.74, 6) is 0. The topological polar surface area (TPSA) is 52.7 Å². The van der Waals surface area contributed by atoms with E-state index >= 15 is 4.39 Å². The Labute approximate surface area is 154 Å².